The third kappa shape index (κ3) is 2.51. The summed E-state index contributed by atoms with van der Waals surface area (Å²) in [5.41, 5.74) is 8.15. The van der Waals surface area contributed by atoms with Crippen LogP contribution < -0.4 is 10.6 Å². The molecule has 0 aliphatic carbocycles. The van der Waals surface area contributed by atoms with Gasteiger partial charge >= 0.3 is 0 Å². The average Bonchev–Trinajstić information content (AvgIpc) is 2.79. The van der Waals surface area contributed by atoms with Crippen LogP contribution in [0.25, 0.3) is 0 Å². The van der Waals surface area contributed by atoms with Gasteiger partial charge in [0.1, 0.15) is 5.82 Å². The Morgan fingerprint density at radius 2 is 2.11 bits per heavy atom. The Kier molecular flexibility index (Phi) is 4.23. The van der Waals surface area contributed by atoms with Gasteiger partial charge in [0.15, 0.2) is 0 Å². The summed E-state index contributed by atoms with van der Waals surface area (Å²) >= 11 is 0. The van der Waals surface area contributed by atoms with E-state index < -0.39 is 0 Å². The van der Waals surface area contributed by atoms with Gasteiger partial charge in [0.25, 0.3) is 0 Å². The minimum Gasteiger partial charge on any atom is -0.351 e. The summed E-state index contributed by atoms with van der Waals surface area (Å²) in [4.78, 5) is 7.30. The summed E-state index contributed by atoms with van der Waals surface area (Å²) < 4.78 is 0. The van der Waals surface area contributed by atoms with Crippen molar-refractivity contribution in [1.82, 2.24) is 4.98 Å². The highest BCUT2D eigenvalue weighted by Gasteiger charge is 2.30. The number of anilines is 1. The maximum atomic E-state index is 5.80. The lowest BCUT2D eigenvalue weighted by molar-refractivity contribution is 0.619. The second-order valence-electron chi connectivity index (χ2n) is 5.28. The van der Waals surface area contributed by atoms with E-state index in [1.54, 1.807) is 0 Å². The lowest BCUT2D eigenvalue weighted by Gasteiger charge is -2.30. The smallest absolute Gasteiger partial charge is 0.129 e. The fraction of sp³-hybridized carbons (Fsp3) is 0.667. The molecule has 0 radical (unpaired) electrons. The standard InChI is InChI=1S/C15H25N3/c1-4-13-8-12(10-16)9-15(17-13)18-11(3)6-7-14(18)5-2/h8-9,11,14H,4-7,10,16H2,1-3H3. The van der Waals surface area contributed by atoms with Crippen LogP contribution in [0.4, 0.5) is 5.82 Å². The second-order valence-corrected chi connectivity index (χ2v) is 5.28. The molecule has 1 aromatic heterocycles. The van der Waals surface area contributed by atoms with Crippen molar-refractivity contribution >= 4 is 5.82 Å². The molecule has 0 spiro atoms. The normalized spacial score (nSPS) is 23.7. The van der Waals surface area contributed by atoms with Crippen molar-refractivity contribution in [3.8, 4) is 0 Å². The summed E-state index contributed by atoms with van der Waals surface area (Å²) in [6.07, 6.45) is 4.72. The number of hydrogen-bond donors (Lipinski definition) is 1. The van der Waals surface area contributed by atoms with Gasteiger partial charge in [-0.05, 0) is 50.3 Å². The van der Waals surface area contributed by atoms with Gasteiger partial charge in [-0.15, -0.1) is 0 Å². The summed E-state index contributed by atoms with van der Waals surface area (Å²) in [5, 5.41) is 0. The number of nitrogens with zero attached hydrogens (tertiary/aromatic N) is 2. The fourth-order valence-electron chi connectivity index (χ4n) is 2.95. The first-order chi connectivity index (χ1) is 8.69. The van der Waals surface area contributed by atoms with Crippen LogP contribution in [0.1, 0.15) is 51.3 Å². The maximum absolute atomic E-state index is 5.80. The van der Waals surface area contributed by atoms with E-state index in [2.05, 4.69) is 37.8 Å². The maximum Gasteiger partial charge on any atom is 0.129 e. The van der Waals surface area contributed by atoms with Crippen molar-refractivity contribution in [1.29, 1.82) is 0 Å². The summed E-state index contributed by atoms with van der Waals surface area (Å²) in [6, 6.07) is 5.54. The van der Waals surface area contributed by atoms with Crippen molar-refractivity contribution in [2.45, 2.75) is 65.1 Å². The zero-order valence-corrected chi connectivity index (χ0v) is 11.8. The minimum atomic E-state index is 0.597. The summed E-state index contributed by atoms with van der Waals surface area (Å²) in [7, 11) is 0. The molecule has 1 saturated heterocycles. The van der Waals surface area contributed by atoms with Crippen LogP contribution in [0.15, 0.2) is 12.1 Å². The molecule has 1 aliphatic rings. The SMILES string of the molecule is CCc1cc(CN)cc(N2C(C)CCC2CC)n1. The van der Waals surface area contributed by atoms with E-state index in [9.17, 15) is 0 Å². The van der Waals surface area contributed by atoms with Gasteiger partial charge in [0.05, 0.1) is 0 Å². The summed E-state index contributed by atoms with van der Waals surface area (Å²) in [5.74, 6) is 1.13. The first kappa shape index (κ1) is 13.3. The van der Waals surface area contributed by atoms with E-state index in [0.717, 1.165) is 17.9 Å². The number of nitrogens with two attached hydrogens (primary N) is 1. The molecule has 0 aromatic carbocycles. The minimum absolute atomic E-state index is 0.597. The molecule has 0 saturated carbocycles. The fourth-order valence-corrected chi connectivity index (χ4v) is 2.95. The van der Waals surface area contributed by atoms with Gasteiger partial charge in [-0.25, -0.2) is 4.98 Å². The largest absolute Gasteiger partial charge is 0.351 e. The Balaban J connectivity index is 2.36. The Morgan fingerprint density at radius 3 is 2.72 bits per heavy atom. The van der Waals surface area contributed by atoms with E-state index in [0.29, 0.717) is 18.6 Å². The van der Waals surface area contributed by atoms with Gasteiger partial charge in [0.2, 0.25) is 0 Å². The molecule has 3 heteroatoms. The van der Waals surface area contributed by atoms with Gasteiger partial charge < -0.3 is 10.6 Å². The Morgan fingerprint density at radius 1 is 1.33 bits per heavy atom. The van der Waals surface area contributed by atoms with Crippen molar-refractivity contribution in [3.63, 3.8) is 0 Å². The van der Waals surface area contributed by atoms with Gasteiger partial charge in [0, 0.05) is 24.3 Å². The number of hydrogen-bond acceptors (Lipinski definition) is 3. The number of aryl methyl sites for hydroxylation is 1. The van der Waals surface area contributed by atoms with E-state index in [1.807, 2.05) is 0 Å². The molecule has 1 fully saturated rings. The molecule has 2 heterocycles. The average molecular weight is 247 g/mol. The van der Waals surface area contributed by atoms with E-state index in [4.69, 9.17) is 10.7 Å². The Hall–Kier alpha value is -1.09. The highest BCUT2D eigenvalue weighted by atomic mass is 15.3. The molecular weight excluding hydrogens is 222 g/mol. The van der Waals surface area contributed by atoms with Crippen molar-refractivity contribution in [3.05, 3.63) is 23.4 Å². The molecule has 1 aliphatic heterocycles. The molecule has 0 amide bonds. The number of rotatable bonds is 4. The zero-order valence-electron chi connectivity index (χ0n) is 11.8. The molecular formula is C15H25N3. The van der Waals surface area contributed by atoms with Crippen LogP contribution in [0.3, 0.4) is 0 Å². The highest BCUT2D eigenvalue weighted by Crippen LogP contribution is 2.31. The van der Waals surface area contributed by atoms with Crippen LogP contribution in [0.2, 0.25) is 0 Å². The van der Waals surface area contributed by atoms with Gasteiger partial charge in [-0.2, -0.15) is 0 Å². The quantitative estimate of drug-likeness (QED) is 0.889. The number of aromatic nitrogens is 1. The third-order valence-corrected chi connectivity index (χ3v) is 4.04. The first-order valence-electron chi connectivity index (χ1n) is 7.17. The molecule has 2 rings (SSSR count). The lowest BCUT2D eigenvalue weighted by atomic mass is 10.1. The van der Waals surface area contributed by atoms with E-state index >= 15 is 0 Å². The topological polar surface area (TPSA) is 42.1 Å². The lowest BCUT2D eigenvalue weighted by Crippen LogP contribution is -2.35. The van der Waals surface area contributed by atoms with Gasteiger partial charge in [-0.1, -0.05) is 13.8 Å². The van der Waals surface area contributed by atoms with Crippen molar-refractivity contribution in [2.75, 3.05) is 4.90 Å². The Labute approximate surface area is 110 Å². The molecule has 0 bridgehead atoms. The molecule has 2 atom stereocenters. The second kappa shape index (κ2) is 5.70. The number of pyridine rings is 1. The van der Waals surface area contributed by atoms with E-state index in [-0.39, 0.29) is 0 Å². The van der Waals surface area contributed by atoms with Crippen molar-refractivity contribution in [2.24, 2.45) is 5.73 Å². The first-order valence-corrected chi connectivity index (χ1v) is 7.17. The summed E-state index contributed by atoms with van der Waals surface area (Å²) in [6.45, 7) is 7.32. The van der Waals surface area contributed by atoms with E-state index in [1.165, 1.54) is 24.8 Å². The van der Waals surface area contributed by atoms with Gasteiger partial charge in [-0.3, -0.25) is 0 Å². The van der Waals surface area contributed by atoms with Crippen molar-refractivity contribution < 1.29 is 0 Å². The molecule has 1 aromatic rings. The monoisotopic (exact) mass is 247 g/mol. The molecule has 3 nitrogen and oxygen atoms in total. The van der Waals surface area contributed by atoms with Crippen LogP contribution in [-0.2, 0) is 13.0 Å². The van der Waals surface area contributed by atoms with Crippen LogP contribution in [0.5, 0.6) is 0 Å². The molecule has 100 valence electrons. The van der Waals surface area contributed by atoms with Crippen LogP contribution in [-0.4, -0.2) is 17.1 Å². The molecule has 2 N–H and O–H groups in total. The predicted octanol–water partition coefficient (Wildman–Crippen LogP) is 2.87. The van der Waals surface area contributed by atoms with Crippen LogP contribution >= 0.6 is 0 Å². The highest BCUT2D eigenvalue weighted by molar-refractivity contribution is 5.46. The predicted molar refractivity (Wildman–Crippen MR) is 76.8 cm³/mol. The van der Waals surface area contributed by atoms with Crippen LogP contribution in [0, 0.1) is 0 Å². The third-order valence-electron chi connectivity index (χ3n) is 4.04. The molecule has 2 unspecified atom stereocenters. The zero-order chi connectivity index (χ0) is 13.1. The molecule has 18 heavy (non-hydrogen) atoms. The Bertz CT molecular complexity index is 380.